The van der Waals surface area contributed by atoms with Gasteiger partial charge >= 0.3 is 13.8 Å². The van der Waals surface area contributed by atoms with E-state index in [-0.39, 0.29) is 19.2 Å². The Morgan fingerprint density at radius 3 is 1.94 bits per heavy atom. The molecule has 0 bridgehead atoms. The van der Waals surface area contributed by atoms with Gasteiger partial charge < -0.3 is 14.1 Å². The van der Waals surface area contributed by atoms with E-state index in [0.717, 1.165) is 56.1 Å². The minimum absolute atomic E-state index is 0.130. The van der Waals surface area contributed by atoms with E-state index in [1.165, 1.54) is 19.3 Å². The first-order valence-electron chi connectivity index (χ1n) is 12.9. The summed E-state index contributed by atoms with van der Waals surface area (Å²) in [5, 5.41) is 0. The van der Waals surface area contributed by atoms with Crippen molar-refractivity contribution in [3.63, 3.8) is 0 Å². The lowest BCUT2D eigenvalue weighted by Gasteiger charge is -2.24. The van der Waals surface area contributed by atoms with Crippen molar-refractivity contribution in [2.24, 2.45) is 0 Å². The third-order valence-corrected chi connectivity index (χ3v) is 6.68. The molecule has 0 heterocycles. The predicted octanol–water partition coefficient (Wildman–Crippen LogP) is 6.50. The molecule has 0 aromatic heterocycles. The van der Waals surface area contributed by atoms with Gasteiger partial charge in [-0.15, -0.1) is 0 Å². The van der Waals surface area contributed by atoms with Gasteiger partial charge in [0.05, 0.1) is 27.7 Å². The van der Waals surface area contributed by atoms with Crippen molar-refractivity contribution in [2.45, 2.75) is 77.2 Å². The number of hydrogen-bond acceptors (Lipinski definition) is 5. The number of phosphoric ester groups is 1. The lowest BCUT2D eigenvalue weighted by atomic mass is 10.1. The molecule has 1 aromatic carbocycles. The summed E-state index contributed by atoms with van der Waals surface area (Å²) in [6.45, 7) is 5.15. The molecule has 0 aliphatic rings. The van der Waals surface area contributed by atoms with Crippen molar-refractivity contribution in [3.8, 4) is 0 Å². The van der Waals surface area contributed by atoms with Crippen LogP contribution in [0.1, 0.15) is 81.8 Å². The SMILES string of the molecule is C=Cc1ccc(COC(=O)CCCCCCCCCCCCOP(=O)(O)OCC[N+](C)(C)C)cc1. The van der Waals surface area contributed by atoms with Crippen LogP contribution in [-0.2, 0) is 29.8 Å². The van der Waals surface area contributed by atoms with Gasteiger partial charge in [-0.1, -0.05) is 88.3 Å². The average Bonchev–Trinajstić information content (AvgIpc) is 2.80. The first kappa shape index (κ1) is 31.5. The van der Waals surface area contributed by atoms with Gasteiger partial charge in [0.2, 0.25) is 0 Å². The van der Waals surface area contributed by atoms with E-state index >= 15 is 0 Å². The van der Waals surface area contributed by atoms with Crippen LogP contribution in [0, 0.1) is 0 Å². The van der Waals surface area contributed by atoms with Crippen LogP contribution in [0.4, 0.5) is 0 Å². The van der Waals surface area contributed by atoms with Crippen LogP contribution in [0.3, 0.4) is 0 Å². The molecule has 1 unspecified atom stereocenters. The molecule has 8 heteroatoms. The van der Waals surface area contributed by atoms with Crippen LogP contribution in [0.5, 0.6) is 0 Å². The van der Waals surface area contributed by atoms with E-state index in [1.807, 2.05) is 45.4 Å². The number of carbonyl (C=O) groups excluding carboxylic acids is 1. The maximum absolute atomic E-state index is 11.9. The molecule has 0 aliphatic carbocycles. The molecular formula is C27H47NO6P+. The van der Waals surface area contributed by atoms with Gasteiger partial charge in [-0.25, -0.2) is 4.57 Å². The van der Waals surface area contributed by atoms with Crippen molar-refractivity contribution in [1.29, 1.82) is 0 Å². The molecule has 1 rings (SSSR count). The fourth-order valence-corrected chi connectivity index (χ4v) is 4.17. The Bertz CT molecular complexity index is 760. The molecule has 0 spiro atoms. The van der Waals surface area contributed by atoms with Gasteiger partial charge in [-0.05, 0) is 24.0 Å². The lowest BCUT2D eigenvalue weighted by molar-refractivity contribution is -0.870. The van der Waals surface area contributed by atoms with E-state index in [1.54, 1.807) is 6.08 Å². The van der Waals surface area contributed by atoms with Gasteiger partial charge in [0, 0.05) is 6.42 Å². The number of esters is 1. The summed E-state index contributed by atoms with van der Waals surface area (Å²) < 4.78 is 27.8. The van der Waals surface area contributed by atoms with E-state index in [0.29, 0.717) is 24.1 Å². The molecule has 1 atom stereocenters. The van der Waals surface area contributed by atoms with Crippen LogP contribution in [0.2, 0.25) is 0 Å². The Balaban J connectivity index is 1.88. The lowest BCUT2D eigenvalue weighted by Crippen LogP contribution is -2.37. The molecule has 7 nitrogen and oxygen atoms in total. The Morgan fingerprint density at radius 1 is 0.886 bits per heavy atom. The molecule has 200 valence electrons. The zero-order chi connectivity index (χ0) is 26.0. The summed E-state index contributed by atoms with van der Waals surface area (Å²) in [4.78, 5) is 21.5. The zero-order valence-electron chi connectivity index (χ0n) is 22.1. The van der Waals surface area contributed by atoms with Crippen molar-refractivity contribution >= 4 is 19.9 Å². The highest BCUT2D eigenvalue weighted by molar-refractivity contribution is 7.47. The number of benzene rings is 1. The monoisotopic (exact) mass is 512 g/mol. The minimum Gasteiger partial charge on any atom is -0.461 e. The van der Waals surface area contributed by atoms with Gasteiger partial charge in [0.1, 0.15) is 19.8 Å². The number of hydrogen-bond donors (Lipinski definition) is 1. The largest absolute Gasteiger partial charge is 0.472 e. The highest BCUT2D eigenvalue weighted by Crippen LogP contribution is 2.43. The van der Waals surface area contributed by atoms with Gasteiger partial charge in [0.15, 0.2) is 0 Å². The van der Waals surface area contributed by atoms with Crippen LogP contribution in [0.25, 0.3) is 6.08 Å². The molecule has 0 radical (unpaired) electrons. The number of nitrogens with zero attached hydrogens (tertiary/aromatic N) is 1. The number of likely N-dealkylation sites (N-methyl/N-ethyl adjacent to an activating group) is 1. The van der Waals surface area contributed by atoms with Crippen molar-refractivity contribution < 1.29 is 32.5 Å². The number of rotatable bonds is 21. The number of phosphoric acid groups is 1. The van der Waals surface area contributed by atoms with Gasteiger partial charge in [0.25, 0.3) is 0 Å². The summed E-state index contributed by atoms with van der Waals surface area (Å²) in [5.41, 5.74) is 2.04. The fourth-order valence-electron chi connectivity index (χ4n) is 3.42. The maximum atomic E-state index is 11.9. The van der Waals surface area contributed by atoms with Crippen molar-refractivity contribution in [2.75, 3.05) is 40.9 Å². The number of quaternary nitrogens is 1. The van der Waals surface area contributed by atoms with E-state index < -0.39 is 7.82 Å². The topological polar surface area (TPSA) is 82.1 Å². The second kappa shape index (κ2) is 17.9. The summed E-state index contributed by atoms with van der Waals surface area (Å²) >= 11 is 0. The first-order chi connectivity index (χ1) is 16.6. The molecule has 0 saturated carbocycles. The Morgan fingerprint density at radius 2 is 1.40 bits per heavy atom. The molecule has 1 N–H and O–H groups in total. The quantitative estimate of drug-likeness (QED) is 0.0876. The van der Waals surface area contributed by atoms with Crippen LogP contribution in [0.15, 0.2) is 30.8 Å². The first-order valence-corrected chi connectivity index (χ1v) is 14.4. The van der Waals surface area contributed by atoms with Crippen LogP contribution in [-0.4, -0.2) is 56.2 Å². The molecule has 0 aliphatic heterocycles. The minimum atomic E-state index is -3.93. The van der Waals surface area contributed by atoms with Gasteiger partial charge in [-0.3, -0.25) is 13.8 Å². The number of carbonyl (C=O) groups is 1. The van der Waals surface area contributed by atoms with Gasteiger partial charge in [-0.2, -0.15) is 0 Å². The molecule has 0 saturated heterocycles. The fraction of sp³-hybridized carbons (Fsp3) is 0.667. The predicted molar refractivity (Wildman–Crippen MR) is 142 cm³/mol. The normalized spacial score (nSPS) is 13.4. The average molecular weight is 513 g/mol. The summed E-state index contributed by atoms with van der Waals surface area (Å²) in [7, 11) is 2.07. The Hall–Kier alpha value is -1.50. The van der Waals surface area contributed by atoms with Crippen LogP contribution >= 0.6 is 7.82 Å². The molecular weight excluding hydrogens is 465 g/mol. The standard InChI is InChI=1S/C27H46NO6P/c1-5-25-17-19-26(20-18-25)24-32-27(29)16-14-12-10-8-6-7-9-11-13-15-22-33-35(30,31)34-23-21-28(2,3)4/h5,17-20H,1,6-16,21-24H2,2-4H3/p+1. The number of unbranched alkanes of at least 4 members (excludes halogenated alkanes) is 9. The molecule has 0 fully saturated rings. The summed E-state index contributed by atoms with van der Waals surface area (Å²) in [5.74, 6) is -0.130. The smallest absolute Gasteiger partial charge is 0.461 e. The summed E-state index contributed by atoms with van der Waals surface area (Å²) in [6, 6.07) is 7.84. The zero-order valence-corrected chi connectivity index (χ0v) is 23.0. The molecule has 0 amide bonds. The van der Waals surface area contributed by atoms with E-state index in [2.05, 4.69) is 6.58 Å². The second-order valence-electron chi connectivity index (χ2n) is 10.0. The Kier molecular flexibility index (Phi) is 16.1. The maximum Gasteiger partial charge on any atom is 0.472 e. The van der Waals surface area contributed by atoms with Crippen LogP contribution < -0.4 is 0 Å². The molecule has 35 heavy (non-hydrogen) atoms. The van der Waals surface area contributed by atoms with E-state index in [4.69, 9.17) is 13.8 Å². The number of ether oxygens (including phenoxy) is 1. The summed E-state index contributed by atoms with van der Waals surface area (Å²) in [6.07, 6.45) is 12.9. The Labute approximate surface area is 212 Å². The molecule has 1 aromatic rings. The van der Waals surface area contributed by atoms with Crippen molar-refractivity contribution in [1.82, 2.24) is 0 Å². The highest BCUT2D eigenvalue weighted by atomic mass is 31.2. The van der Waals surface area contributed by atoms with E-state index in [9.17, 15) is 14.3 Å². The highest BCUT2D eigenvalue weighted by Gasteiger charge is 2.21. The third-order valence-electron chi connectivity index (χ3n) is 5.66. The van der Waals surface area contributed by atoms with Crippen molar-refractivity contribution in [3.05, 3.63) is 42.0 Å². The second-order valence-corrected chi connectivity index (χ2v) is 11.5. The third kappa shape index (κ3) is 18.4.